The van der Waals surface area contributed by atoms with E-state index >= 15 is 0 Å². The first-order chi connectivity index (χ1) is 11.6. The van der Waals surface area contributed by atoms with Gasteiger partial charge in [-0.3, -0.25) is 9.59 Å². The molecule has 0 atom stereocenters. The highest BCUT2D eigenvalue weighted by Gasteiger charge is 2.23. The van der Waals surface area contributed by atoms with Gasteiger partial charge < -0.3 is 10.2 Å². The molecule has 0 spiro atoms. The van der Waals surface area contributed by atoms with Crippen molar-refractivity contribution < 1.29 is 9.59 Å². The number of nitrogens with one attached hydrogen (secondary N) is 1. The van der Waals surface area contributed by atoms with E-state index < -0.39 is 0 Å². The monoisotopic (exact) mass is 329 g/mol. The number of likely N-dealkylation sites (tertiary alicyclic amines) is 1. The van der Waals surface area contributed by atoms with Crippen molar-refractivity contribution in [2.45, 2.75) is 57.9 Å². The minimum Gasteiger partial charge on any atom is -0.348 e. The van der Waals surface area contributed by atoms with Gasteiger partial charge in [0.2, 0.25) is 0 Å². The largest absolute Gasteiger partial charge is 0.348 e. The molecule has 5 nitrogen and oxygen atoms in total. The molecular weight excluding hydrogens is 302 g/mol. The van der Waals surface area contributed by atoms with E-state index in [-0.39, 0.29) is 17.9 Å². The van der Waals surface area contributed by atoms with Crippen LogP contribution in [0.1, 0.15) is 72.8 Å². The third-order valence-corrected chi connectivity index (χ3v) is 5.21. The third-order valence-electron chi connectivity index (χ3n) is 5.21. The van der Waals surface area contributed by atoms with Crippen LogP contribution in [0, 0.1) is 5.92 Å². The van der Waals surface area contributed by atoms with E-state index in [1.807, 2.05) is 4.90 Å². The lowest BCUT2D eigenvalue weighted by atomic mass is 9.95. The number of aromatic nitrogens is 1. The molecule has 1 saturated heterocycles. The van der Waals surface area contributed by atoms with Crippen molar-refractivity contribution >= 4 is 11.8 Å². The number of carbonyl (C=O) groups excluding carboxylic acids is 2. The molecule has 1 N–H and O–H groups in total. The summed E-state index contributed by atoms with van der Waals surface area (Å²) in [6.07, 6.45) is 7.74. The van der Waals surface area contributed by atoms with Crippen molar-refractivity contribution in [1.29, 1.82) is 0 Å². The average molecular weight is 329 g/mol. The van der Waals surface area contributed by atoms with Gasteiger partial charge >= 0.3 is 0 Å². The molecule has 1 aliphatic carbocycles. The van der Waals surface area contributed by atoms with Gasteiger partial charge in [-0.15, -0.1) is 0 Å². The first-order valence-corrected chi connectivity index (χ1v) is 9.20. The summed E-state index contributed by atoms with van der Waals surface area (Å²) >= 11 is 0. The van der Waals surface area contributed by atoms with Crippen molar-refractivity contribution in [3.8, 4) is 0 Å². The van der Waals surface area contributed by atoms with Gasteiger partial charge in [0.25, 0.3) is 11.8 Å². The maximum atomic E-state index is 12.6. The van der Waals surface area contributed by atoms with Gasteiger partial charge in [0.05, 0.1) is 0 Å². The molecule has 0 aromatic carbocycles. The van der Waals surface area contributed by atoms with E-state index in [0.717, 1.165) is 38.8 Å². The highest BCUT2D eigenvalue weighted by atomic mass is 16.2. The van der Waals surface area contributed by atoms with Crippen LogP contribution in [0.2, 0.25) is 0 Å². The molecule has 2 amide bonds. The van der Waals surface area contributed by atoms with Gasteiger partial charge in [-0.2, -0.15) is 0 Å². The van der Waals surface area contributed by atoms with Crippen LogP contribution in [0.15, 0.2) is 18.2 Å². The molecule has 130 valence electrons. The molecule has 1 saturated carbocycles. The molecule has 0 bridgehead atoms. The highest BCUT2D eigenvalue weighted by molar-refractivity contribution is 5.96. The van der Waals surface area contributed by atoms with Gasteiger partial charge in [0, 0.05) is 19.1 Å². The summed E-state index contributed by atoms with van der Waals surface area (Å²) in [6.45, 7) is 3.77. The minimum absolute atomic E-state index is 0.0609. The Hall–Kier alpha value is -1.91. The van der Waals surface area contributed by atoms with Gasteiger partial charge in [0.15, 0.2) is 0 Å². The topological polar surface area (TPSA) is 62.3 Å². The van der Waals surface area contributed by atoms with Crippen molar-refractivity contribution in [2.75, 3.05) is 13.1 Å². The summed E-state index contributed by atoms with van der Waals surface area (Å²) in [5.74, 6) is 0.452. The van der Waals surface area contributed by atoms with Gasteiger partial charge in [-0.05, 0) is 43.7 Å². The van der Waals surface area contributed by atoms with E-state index in [1.165, 1.54) is 19.3 Å². The lowest BCUT2D eigenvalue weighted by Gasteiger charge is -2.30. The predicted molar refractivity (Wildman–Crippen MR) is 92.9 cm³/mol. The second-order valence-corrected chi connectivity index (χ2v) is 7.19. The fourth-order valence-corrected chi connectivity index (χ4v) is 3.56. The average Bonchev–Trinajstić information content (AvgIpc) is 2.63. The zero-order valence-corrected chi connectivity index (χ0v) is 14.5. The number of nitrogens with zero attached hydrogens (tertiary/aromatic N) is 2. The number of carbonyl (C=O) groups is 2. The van der Waals surface area contributed by atoms with Crippen LogP contribution in [0.25, 0.3) is 0 Å². The molecule has 5 heteroatoms. The van der Waals surface area contributed by atoms with Crippen LogP contribution >= 0.6 is 0 Å². The minimum atomic E-state index is -0.163. The second-order valence-electron chi connectivity index (χ2n) is 7.19. The van der Waals surface area contributed by atoms with E-state index in [2.05, 4.69) is 17.2 Å². The maximum Gasteiger partial charge on any atom is 0.272 e. The number of pyridine rings is 1. The molecular formula is C19H27N3O2. The zero-order valence-electron chi connectivity index (χ0n) is 14.5. The molecule has 0 unspecified atom stereocenters. The highest BCUT2D eigenvalue weighted by Crippen LogP contribution is 2.19. The number of hydrogen-bond donors (Lipinski definition) is 1. The second kappa shape index (κ2) is 7.77. The Labute approximate surface area is 143 Å². The van der Waals surface area contributed by atoms with Crippen LogP contribution in [0.4, 0.5) is 0 Å². The van der Waals surface area contributed by atoms with Crippen LogP contribution in [-0.4, -0.2) is 40.8 Å². The van der Waals surface area contributed by atoms with E-state index in [4.69, 9.17) is 0 Å². The quantitative estimate of drug-likeness (QED) is 0.927. The van der Waals surface area contributed by atoms with E-state index in [1.54, 1.807) is 18.2 Å². The van der Waals surface area contributed by atoms with Crippen LogP contribution in [0.3, 0.4) is 0 Å². The van der Waals surface area contributed by atoms with E-state index in [9.17, 15) is 9.59 Å². The Balaban J connectivity index is 1.64. The molecule has 1 aromatic heterocycles. The fraction of sp³-hybridized carbons (Fsp3) is 0.632. The summed E-state index contributed by atoms with van der Waals surface area (Å²) in [7, 11) is 0. The lowest BCUT2D eigenvalue weighted by molar-refractivity contribution is 0.0691. The maximum absolute atomic E-state index is 12.6. The summed E-state index contributed by atoms with van der Waals surface area (Å²) in [5, 5.41) is 3.06. The molecule has 0 radical (unpaired) electrons. The van der Waals surface area contributed by atoms with Crippen molar-refractivity contribution in [3.05, 3.63) is 29.6 Å². The molecule has 24 heavy (non-hydrogen) atoms. The molecule has 2 aliphatic rings. The van der Waals surface area contributed by atoms with Crippen LogP contribution in [-0.2, 0) is 0 Å². The first kappa shape index (κ1) is 16.9. The van der Waals surface area contributed by atoms with Crippen molar-refractivity contribution in [3.63, 3.8) is 0 Å². The zero-order chi connectivity index (χ0) is 16.9. The Morgan fingerprint density at radius 1 is 1.04 bits per heavy atom. The standard InChI is InChI=1S/C19H27N3O2/c1-14-10-12-22(13-11-14)19(24)17-9-5-8-16(21-17)18(23)20-15-6-3-2-4-7-15/h5,8-9,14-15H,2-4,6-7,10-13H2,1H3,(H,20,23). The molecule has 3 rings (SSSR count). The summed E-state index contributed by atoms with van der Waals surface area (Å²) in [4.78, 5) is 31.2. The molecule has 1 aliphatic heterocycles. The lowest BCUT2D eigenvalue weighted by Crippen LogP contribution is -2.39. The molecule has 2 fully saturated rings. The fourth-order valence-electron chi connectivity index (χ4n) is 3.56. The van der Waals surface area contributed by atoms with Gasteiger partial charge in [0.1, 0.15) is 11.4 Å². The van der Waals surface area contributed by atoms with E-state index in [0.29, 0.717) is 17.3 Å². The Bertz CT molecular complexity index is 588. The Morgan fingerprint density at radius 3 is 2.42 bits per heavy atom. The number of piperidine rings is 1. The normalized spacial score (nSPS) is 20.0. The summed E-state index contributed by atoms with van der Waals surface area (Å²) < 4.78 is 0. The number of hydrogen-bond acceptors (Lipinski definition) is 3. The van der Waals surface area contributed by atoms with Crippen LogP contribution in [0.5, 0.6) is 0 Å². The predicted octanol–water partition coefficient (Wildman–Crippen LogP) is 3.02. The third kappa shape index (κ3) is 4.13. The first-order valence-electron chi connectivity index (χ1n) is 9.20. The van der Waals surface area contributed by atoms with Crippen molar-refractivity contribution in [1.82, 2.24) is 15.2 Å². The summed E-state index contributed by atoms with van der Waals surface area (Å²) in [5.41, 5.74) is 0.720. The van der Waals surface area contributed by atoms with Crippen LogP contribution < -0.4 is 5.32 Å². The van der Waals surface area contributed by atoms with Crippen molar-refractivity contribution in [2.24, 2.45) is 5.92 Å². The smallest absolute Gasteiger partial charge is 0.272 e. The summed E-state index contributed by atoms with van der Waals surface area (Å²) in [6, 6.07) is 5.39. The van der Waals surface area contributed by atoms with Gasteiger partial charge in [-0.1, -0.05) is 32.3 Å². The Morgan fingerprint density at radius 2 is 1.71 bits per heavy atom. The molecule has 2 heterocycles. The number of amides is 2. The molecule has 1 aromatic rings. The van der Waals surface area contributed by atoms with Gasteiger partial charge in [-0.25, -0.2) is 4.98 Å². The SMILES string of the molecule is CC1CCN(C(=O)c2cccc(C(=O)NC3CCCCC3)n2)CC1. The number of rotatable bonds is 3. The Kier molecular flexibility index (Phi) is 5.48.